The minimum absolute atomic E-state index is 0.193. The Hall–Kier alpha value is -0.120. The number of nitrogens with two attached hydrogens (primary N) is 1. The molecule has 2 rings (SSSR count). The molecule has 2 aliphatic rings. The molecular formula is C14H29N3. The first-order chi connectivity index (χ1) is 8.12. The smallest absolute Gasteiger partial charge is 0.0275 e. The van der Waals surface area contributed by atoms with Crippen molar-refractivity contribution < 1.29 is 0 Å². The summed E-state index contributed by atoms with van der Waals surface area (Å²) in [5.74, 6) is 0.929. The molecule has 2 saturated heterocycles. The van der Waals surface area contributed by atoms with E-state index >= 15 is 0 Å². The minimum atomic E-state index is 0.193. The van der Waals surface area contributed by atoms with Crippen molar-refractivity contribution in [1.29, 1.82) is 0 Å². The third-order valence-corrected chi connectivity index (χ3v) is 4.69. The molecule has 0 aromatic carbocycles. The summed E-state index contributed by atoms with van der Waals surface area (Å²) in [5.41, 5.74) is 6.05. The van der Waals surface area contributed by atoms with E-state index in [0.29, 0.717) is 0 Å². The lowest BCUT2D eigenvalue weighted by Crippen LogP contribution is -2.53. The van der Waals surface area contributed by atoms with E-state index in [1.54, 1.807) is 0 Å². The maximum absolute atomic E-state index is 5.85. The fraction of sp³-hybridized carbons (Fsp3) is 1.00. The van der Waals surface area contributed by atoms with E-state index in [1.165, 1.54) is 58.4 Å². The maximum Gasteiger partial charge on any atom is 0.0275 e. The molecule has 2 heterocycles. The maximum atomic E-state index is 5.85. The quantitative estimate of drug-likeness (QED) is 0.807. The number of piperidine rings is 1. The van der Waals surface area contributed by atoms with Crippen molar-refractivity contribution in [1.82, 2.24) is 9.80 Å². The molecule has 0 amide bonds. The third kappa shape index (κ3) is 3.43. The number of rotatable bonds is 4. The Bertz CT molecular complexity index is 226. The number of hydrogen-bond donors (Lipinski definition) is 1. The molecule has 0 atom stereocenters. The molecule has 0 aromatic rings. The molecule has 0 unspecified atom stereocenters. The van der Waals surface area contributed by atoms with E-state index in [-0.39, 0.29) is 5.54 Å². The molecule has 0 aliphatic carbocycles. The highest BCUT2D eigenvalue weighted by atomic mass is 15.2. The predicted octanol–water partition coefficient (Wildman–Crippen LogP) is 1.53. The standard InChI is InChI=1S/C14H29N3/c1-14(2,12-15)17-9-5-13(6-10-17)11-16-7-3-4-8-16/h13H,3-12,15H2,1-2H3. The van der Waals surface area contributed by atoms with Crippen LogP contribution in [0.4, 0.5) is 0 Å². The van der Waals surface area contributed by atoms with Gasteiger partial charge in [0.05, 0.1) is 0 Å². The summed E-state index contributed by atoms with van der Waals surface area (Å²) in [4.78, 5) is 5.24. The van der Waals surface area contributed by atoms with E-state index in [2.05, 4.69) is 23.6 Å². The van der Waals surface area contributed by atoms with Gasteiger partial charge >= 0.3 is 0 Å². The molecule has 2 fully saturated rings. The molecule has 0 radical (unpaired) electrons. The monoisotopic (exact) mass is 239 g/mol. The van der Waals surface area contributed by atoms with Crippen LogP contribution in [0.25, 0.3) is 0 Å². The third-order valence-electron chi connectivity index (χ3n) is 4.69. The molecule has 2 aliphatic heterocycles. The highest BCUT2D eigenvalue weighted by molar-refractivity contribution is 4.87. The van der Waals surface area contributed by atoms with Gasteiger partial charge in [-0.1, -0.05) is 0 Å². The molecule has 0 aromatic heterocycles. The first kappa shape index (κ1) is 13.3. The van der Waals surface area contributed by atoms with Crippen molar-refractivity contribution in [2.24, 2.45) is 11.7 Å². The van der Waals surface area contributed by atoms with Crippen molar-refractivity contribution >= 4 is 0 Å². The summed E-state index contributed by atoms with van der Waals surface area (Å²) >= 11 is 0. The van der Waals surface area contributed by atoms with Gasteiger partial charge in [-0.3, -0.25) is 4.90 Å². The lowest BCUT2D eigenvalue weighted by molar-refractivity contribution is 0.0712. The van der Waals surface area contributed by atoms with Crippen LogP contribution in [0, 0.1) is 5.92 Å². The summed E-state index contributed by atoms with van der Waals surface area (Å²) in [7, 11) is 0. The molecule has 0 spiro atoms. The van der Waals surface area contributed by atoms with Crippen LogP contribution in [-0.2, 0) is 0 Å². The van der Waals surface area contributed by atoms with Crippen LogP contribution >= 0.6 is 0 Å². The van der Waals surface area contributed by atoms with Gasteiger partial charge in [-0.05, 0) is 71.6 Å². The lowest BCUT2D eigenvalue weighted by atomic mass is 9.92. The molecule has 2 N–H and O–H groups in total. The van der Waals surface area contributed by atoms with Crippen molar-refractivity contribution in [2.75, 3.05) is 39.3 Å². The van der Waals surface area contributed by atoms with Crippen molar-refractivity contribution in [3.05, 3.63) is 0 Å². The largest absolute Gasteiger partial charge is 0.329 e. The SMILES string of the molecule is CC(C)(CN)N1CCC(CN2CCCC2)CC1. The molecule has 3 nitrogen and oxygen atoms in total. The van der Waals surface area contributed by atoms with E-state index in [4.69, 9.17) is 5.73 Å². The van der Waals surface area contributed by atoms with Gasteiger partial charge in [-0.15, -0.1) is 0 Å². The average Bonchev–Trinajstić information content (AvgIpc) is 2.83. The normalized spacial score (nSPS) is 25.6. The van der Waals surface area contributed by atoms with Crippen LogP contribution < -0.4 is 5.73 Å². The zero-order valence-corrected chi connectivity index (χ0v) is 11.6. The second-order valence-corrected chi connectivity index (χ2v) is 6.45. The van der Waals surface area contributed by atoms with Crippen molar-refractivity contribution in [3.63, 3.8) is 0 Å². The Morgan fingerprint density at radius 1 is 1.06 bits per heavy atom. The molecular weight excluding hydrogens is 210 g/mol. The first-order valence-corrected chi connectivity index (χ1v) is 7.29. The first-order valence-electron chi connectivity index (χ1n) is 7.29. The van der Waals surface area contributed by atoms with Crippen LogP contribution in [0.1, 0.15) is 39.5 Å². The van der Waals surface area contributed by atoms with Gasteiger partial charge in [0.25, 0.3) is 0 Å². The van der Waals surface area contributed by atoms with Crippen LogP contribution in [-0.4, -0.2) is 54.6 Å². The topological polar surface area (TPSA) is 32.5 Å². The fourth-order valence-corrected chi connectivity index (χ4v) is 3.18. The summed E-state index contributed by atoms with van der Waals surface area (Å²) in [6, 6.07) is 0. The van der Waals surface area contributed by atoms with E-state index in [1.807, 2.05) is 0 Å². The second-order valence-electron chi connectivity index (χ2n) is 6.45. The molecule has 0 bridgehead atoms. The Labute approximate surface area is 106 Å². The van der Waals surface area contributed by atoms with Gasteiger partial charge in [-0.2, -0.15) is 0 Å². The van der Waals surface area contributed by atoms with Gasteiger partial charge in [0.15, 0.2) is 0 Å². The predicted molar refractivity (Wildman–Crippen MR) is 73.1 cm³/mol. The van der Waals surface area contributed by atoms with Crippen molar-refractivity contribution in [3.8, 4) is 0 Å². The van der Waals surface area contributed by atoms with Gasteiger partial charge in [0, 0.05) is 18.6 Å². The molecule has 0 saturated carbocycles. The Kier molecular flexibility index (Phi) is 4.45. The zero-order chi connectivity index (χ0) is 12.3. The summed E-state index contributed by atoms with van der Waals surface area (Å²) in [5, 5.41) is 0. The van der Waals surface area contributed by atoms with Crippen LogP contribution in [0.3, 0.4) is 0 Å². The Morgan fingerprint density at radius 3 is 2.18 bits per heavy atom. The zero-order valence-electron chi connectivity index (χ0n) is 11.6. The van der Waals surface area contributed by atoms with Gasteiger partial charge in [0.2, 0.25) is 0 Å². The summed E-state index contributed by atoms with van der Waals surface area (Å²) in [6.45, 7) is 11.8. The summed E-state index contributed by atoms with van der Waals surface area (Å²) in [6.07, 6.45) is 5.55. The lowest BCUT2D eigenvalue weighted by Gasteiger charge is -2.43. The summed E-state index contributed by atoms with van der Waals surface area (Å²) < 4.78 is 0. The van der Waals surface area contributed by atoms with Crippen molar-refractivity contribution in [2.45, 2.75) is 45.1 Å². The highest BCUT2D eigenvalue weighted by Crippen LogP contribution is 2.25. The van der Waals surface area contributed by atoms with Gasteiger partial charge < -0.3 is 10.6 Å². The Morgan fingerprint density at radius 2 is 1.65 bits per heavy atom. The van der Waals surface area contributed by atoms with Crippen LogP contribution in [0.15, 0.2) is 0 Å². The molecule has 3 heteroatoms. The van der Waals surface area contributed by atoms with Crippen LogP contribution in [0.5, 0.6) is 0 Å². The highest BCUT2D eigenvalue weighted by Gasteiger charge is 2.30. The van der Waals surface area contributed by atoms with E-state index in [9.17, 15) is 0 Å². The molecule has 100 valence electrons. The molecule has 17 heavy (non-hydrogen) atoms. The van der Waals surface area contributed by atoms with Gasteiger partial charge in [0.1, 0.15) is 0 Å². The second kappa shape index (κ2) is 5.68. The minimum Gasteiger partial charge on any atom is -0.329 e. The van der Waals surface area contributed by atoms with E-state index in [0.717, 1.165) is 12.5 Å². The van der Waals surface area contributed by atoms with Crippen LogP contribution in [0.2, 0.25) is 0 Å². The number of likely N-dealkylation sites (tertiary alicyclic amines) is 2. The van der Waals surface area contributed by atoms with E-state index < -0.39 is 0 Å². The number of nitrogens with zero attached hydrogens (tertiary/aromatic N) is 2. The fourth-order valence-electron chi connectivity index (χ4n) is 3.18. The number of hydrogen-bond acceptors (Lipinski definition) is 3. The average molecular weight is 239 g/mol. The van der Waals surface area contributed by atoms with Gasteiger partial charge in [-0.25, -0.2) is 0 Å². The Balaban J connectivity index is 1.74.